The number of fused-ring (bicyclic) bond motifs is 2. The van der Waals surface area contributed by atoms with Crippen molar-refractivity contribution >= 4 is 44.1 Å². The zero-order valence-electron chi connectivity index (χ0n) is 15.6. The van der Waals surface area contributed by atoms with Crippen molar-refractivity contribution in [2.24, 2.45) is 5.73 Å². The summed E-state index contributed by atoms with van der Waals surface area (Å²) in [5.74, 6) is 0.0685. The lowest BCUT2D eigenvalue weighted by Gasteiger charge is -2.19. The molecule has 0 bridgehead atoms. The minimum absolute atomic E-state index is 0.250. The van der Waals surface area contributed by atoms with Gasteiger partial charge in [0.1, 0.15) is 18.3 Å². The van der Waals surface area contributed by atoms with E-state index in [1.165, 1.54) is 17.7 Å². The fourth-order valence-corrected chi connectivity index (χ4v) is 3.84. The van der Waals surface area contributed by atoms with Crippen molar-refractivity contribution in [2.45, 2.75) is 25.7 Å². The number of nitrogens with one attached hydrogen (secondary N) is 1. The van der Waals surface area contributed by atoms with Crippen molar-refractivity contribution < 1.29 is 14.6 Å². The van der Waals surface area contributed by atoms with Crippen LogP contribution >= 0.6 is 11.3 Å². The van der Waals surface area contributed by atoms with Crippen molar-refractivity contribution in [1.82, 2.24) is 15.0 Å². The summed E-state index contributed by atoms with van der Waals surface area (Å²) in [6.07, 6.45) is 3.67. The molecule has 148 valence electrons. The predicted octanol–water partition coefficient (Wildman–Crippen LogP) is 2.93. The molecule has 4 aromatic rings. The highest BCUT2D eigenvalue weighted by molar-refractivity contribution is 7.17. The summed E-state index contributed by atoms with van der Waals surface area (Å²) < 4.78 is 6.64. The van der Waals surface area contributed by atoms with Gasteiger partial charge in [-0.15, -0.1) is 11.3 Å². The molecule has 1 aromatic carbocycles. The lowest BCUT2D eigenvalue weighted by Crippen LogP contribution is -2.31. The Hall–Kier alpha value is -3.14. The topological polar surface area (TPSA) is 123 Å². The summed E-state index contributed by atoms with van der Waals surface area (Å²) in [5.41, 5.74) is 8.21. The summed E-state index contributed by atoms with van der Waals surface area (Å²) >= 11 is 1.40. The van der Waals surface area contributed by atoms with E-state index >= 15 is 0 Å². The van der Waals surface area contributed by atoms with Crippen molar-refractivity contribution in [1.29, 1.82) is 0 Å². The van der Waals surface area contributed by atoms with Crippen molar-refractivity contribution in [3.63, 3.8) is 0 Å². The molecule has 0 saturated heterocycles. The molecule has 4 N–H and O–H groups in total. The SMILES string of the molecule is CC(O)CC(N)Oc1cc2ncccc2cc1NC(=O)c1csc2cncnc12. The fourth-order valence-electron chi connectivity index (χ4n) is 2.98. The standard InChI is InChI=1S/C20H19N5O3S/c1-11(26)5-18(21)28-16-7-14-12(3-2-4-23-14)6-15(16)25-20(27)13-9-29-17-8-22-10-24-19(13)17/h2-4,6-11,18,26H,5,21H2,1H3,(H,25,27). The van der Waals surface area contributed by atoms with Gasteiger partial charge in [0.15, 0.2) is 0 Å². The van der Waals surface area contributed by atoms with Crippen LogP contribution in [-0.4, -0.2) is 38.3 Å². The first-order valence-corrected chi connectivity index (χ1v) is 9.87. The number of aromatic nitrogens is 3. The molecule has 0 aliphatic rings. The van der Waals surface area contributed by atoms with E-state index in [0.29, 0.717) is 28.0 Å². The lowest BCUT2D eigenvalue weighted by atomic mass is 10.1. The van der Waals surface area contributed by atoms with Gasteiger partial charge in [0.05, 0.1) is 33.1 Å². The van der Waals surface area contributed by atoms with Gasteiger partial charge in [-0.2, -0.15) is 0 Å². The van der Waals surface area contributed by atoms with E-state index in [9.17, 15) is 9.90 Å². The Morgan fingerprint density at radius 2 is 2.24 bits per heavy atom. The molecule has 3 heterocycles. The van der Waals surface area contributed by atoms with Gasteiger partial charge in [-0.05, 0) is 19.1 Å². The number of aliphatic hydroxyl groups excluding tert-OH is 1. The first-order valence-electron chi connectivity index (χ1n) is 8.99. The van der Waals surface area contributed by atoms with Crippen LogP contribution in [0, 0.1) is 0 Å². The van der Waals surface area contributed by atoms with Crippen LogP contribution in [0.3, 0.4) is 0 Å². The Labute approximate surface area is 170 Å². The smallest absolute Gasteiger partial charge is 0.258 e. The maximum Gasteiger partial charge on any atom is 0.258 e. The first-order chi connectivity index (χ1) is 14.0. The van der Waals surface area contributed by atoms with Gasteiger partial charge in [0.2, 0.25) is 0 Å². The number of ether oxygens (including phenoxy) is 1. The summed E-state index contributed by atoms with van der Waals surface area (Å²) in [7, 11) is 0. The van der Waals surface area contributed by atoms with Gasteiger partial charge in [-0.3, -0.25) is 15.5 Å². The minimum atomic E-state index is -0.735. The Bertz CT molecular complexity index is 1180. The molecule has 0 aliphatic heterocycles. The maximum atomic E-state index is 12.9. The molecule has 1 amide bonds. The van der Waals surface area contributed by atoms with Gasteiger partial charge < -0.3 is 15.2 Å². The molecule has 0 aliphatic carbocycles. The molecular formula is C20H19N5O3S. The van der Waals surface area contributed by atoms with Crippen LogP contribution in [0.15, 0.2) is 48.4 Å². The molecule has 0 saturated carbocycles. The van der Waals surface area contributed by atoms with Crippen LogP contribution in [0.5, 0.6) is 5.75 Å². The van der Waals surface area contributed by atoms with Gasteiger partial charge >= 0.3 is 0 Å². The third-order valence-corrected chi connectivity index (χ3v) is 5.19. The van der Waals surface area contributed by atoms with E-state index < -0.39 is 12.3 Å². The minimum Gasteiger partial charge on any atom is -0.473 e. The summed E-state index contributed by atoms with van der Waals surface area (Å²) in [6.45, 7) is 1.64. The zero-order valence-corrected chi connectivity index (χ0v) is 16.4. The van der Waals surface area contributed by atoms with Crippen molar-refractivity contribution in [3.8, 4) is 5.75 Å². The second-order valence-electron chi connectivity index (χ2n) is 6.62. The van der Waals surface area contributed by atoms with Crippen LogP contribution in [0.4, 0.5) is 5.69 Å². The summed E-state index contributed by atoms with van der Waals surface area (Å²) in [5, 5.41) is 15.0. The van der Waals surface area contributed by atoms with Gasteiger partial charge in [0.25, 0.3) is 5.91 Å². The van der Waals surface area contributed by atoms with Crippen LogP contribution in [0.1, 0.15) is 23.7 Å². The monoisotopic (exact) mass is 409 g/mol. The Balaban J connectivity index is 1.69. The number of amides is 1. The molecular weight excluding hydrogens is 390 g/mol. The molecule has 8 nitrogen and oxygen atoms in total. The summed E-state index contributed by atoms with van der Waals surface area (Å²) in [4.78, 5) is 25.4. The third-order valence-electron chi connectivity index (χ3n) is 4.29. The average Bonchev–Trinajstić information content (AvgIpc) is 3.12. The number of rotatable bonds is 6. The van der Waals surface area contributed by atoms with Gasteiger partial charge in [-0.25, -0.2) is 9.97 Å². The van der Waals surface area contributed by atoms with E-state index in [1.807, 2.05) is 12.1 Å². The second-order valence-corrected chi connectivity index (χ2v) is 7.54. The number of anilines is 1. The highest BCUT2D eigenvalue weighted by Gasteiger charge is 2.18. The molecule has 4 rings (SSSR count). The second kappa shape index (κ2) is 8.08. The number of carbonyl (C=O) groups is 1. The van der Waals surface area contributed by atoms with E-state index in [0.717, 1.165) is 10.1 Å². The van der Waals surface area contributed by atoms with E-state index in [-0.39, 0.29) is 12.3 Å². The zero-order chi connectivity index (χ0) is 20.4. The largest absolute Gasteiger partial charge is 0.473 e. The summed E-state index contributed by atoms with van der Waals surface area (Å²) in [6, 6.07) is 7.22. The van der Waals surface area contributed by atoms with E-state index in [2.05, 4.69) is 20.3 Å². The highest BCUT2D eigenvalue weighted by Crippen LogP contribution is 2.32. The Morgan fingerprint density at radius 1 is 1.38 bits per heavy atom. The molecule has 3 aromatic heterocycles. The van der Waals surface area contributed by atoms with Crippen molar-refractivity contribution in [2.75, 3.05) is 5.32 Å². The number of carbonyl (C=O) groups excluding carboxylic acids is 1. The molecule has 0 radical (unpaired) electrons. The lowest BCUT2D eigenvalue weighted by molar-refractivity contribution is 0.101. The number of aliphatic hydroxyl groups is 1. The normalized spacial score (nSPS) is 13.3. The molecule has 2 atom stereocenters. The Morgan fingerprint density at radius 3 is 3.07 bits per heavy atom. The number of nitrogens with two attached hydrogens (primary N) is 1. The van der Waals surface area contributed by atoms with E-state index in [4.69, 9.17) is 10.5 Å². The van der Waals surface area contributed by atoms with Gasteiger partial charge in [-0.1, -0.05) is 6.07 Å². The molecule has 0 fully saturated rings. The number of thiophene rings is 1. The molecule has 9 heteroatoms. The maximum absolute atomic E-state index is 12.9. The quantitative estimate of drug-likeness (QED) is 0.418. The predicted molar refractivity (Wildman–Crippen MR) is 112 cm³/mol. The molecule has 29 heavy (non-hydrogen) atoms. The number of hydrogen-bond acceptors (Lipinski definition) is 8. The fraction of sp³-hybridized carbons (Fsp3) is 0.200. The van der Waals surface area contributed by atoms with Crippen molar-refractivity contribution in [3.05, 3.63) is 53.9 Å². The molecule has 2 unspecified atom stereocenters. The highest BCUT2D eigenvalue weighted by atomic mass is 32.1. The number of benzene rings is 1. The van der Waals surface area contributed by atoms with Crippen LogP contribution in [0.2, 0.25) is 0 Å². The van der Waals surface area contributed by atoms with Gasteiger partial charge in [0, 0.05) is 35.6 Å². The average molecular weight is 409 g/mol. The van der Waals surface area contributed by atoms with E-state index in [1.54, 1.807) is 36.8 Å². The molecule has 0 spiro atoms. The number of nitrogens with zero attached hydrogens (tertiary/aromatic N) is 3. The Kier molecular flexibility index (Phi) is 5.34. The third kappa shape index (κ3) is 4.16. The van der Waals surface area contributed by atoms with Crippen LogP contribution in [-0.2, 0) is 0 Å². The number of hydrogen-bond donors (Lipinski definition) is 3. The van der Waals surface area contributed by atoms with Crippen LogP contribution < -0.4 is 15.8 Å². The first kappa shape index (κ1) is 19.2. The van der Waals surface area contributed by atoms with Crippen LogP contribution in [0.25, 0.3) is 21.1 Å². The number of pyridine rings is 1.